The van der Waals surface area contributed by atoms with Gasteiger partial charge in [-0.1, -0.05) is 12.1 Å². The topological polar surface area (TPSA) is 76.4 Å². The summed E-state index contributed by atoms with van der Waals surface area (Å²) >= 11 is 0. The van der Waals surface area contributed by atoms with Gasteiger partial charge in [-0.05, 0) is 55.0 Å². The van der Waals surface area contributed by atoms with Crippen molar-refractivity contribution >= 4 is 11.6 Å². The minimum atomic E-state index is -0.301. The first-order valence-electron chi connectivity index (χ1n) is 7.83. The average Bonchev–Trinajstić information content (AvgIpc) is 3.04. The summed E-state index contributed by atoms with van der Waals surface area (Å²) in [7, 11) is 1.61. The number of anilines is 1. The SMILES string of the molecule is COc1ccc(-n2nc(C(=O)Nc3cccc(CO)c3)cc2C)cc1. The highest BCUT2D eigenvalue weighted by molar-refractivity contribution is 6.03. The molecule has 1 aromatic heterocycles. The van der Waals surface area contributed by atoms with Gasteiger partial charge in [0.05, 0.1) is 19.4 Å². The molecule has 25 heavy (non-hydrogen) atoms. The van der Waals surface area contributed by atoms with Crippen LogP contribution in [0.15, 0.2) is 54.6 Å². The maximum absolute atomic E-state index is 12.4. The number of nitrogens with zero attached hydrogens (tertiary/aromatic N) is 2. The molecule has 1 heterocycles. The van der Waals surface area contributed by atoms with Gasteiger partial charge in [0.2, 0.25) is 0 Å². The van der Waals surface area contributed by atoms with Crippen LogP contribution in [-0.4, -0.2) is 27.9 Å². The maximum atomic E-state index is 12.4. The number of aliphatic hydroxyl groups excluding tert-OH is 1. The van der Waals surface area contributed by atoms with Gasteiger partial charge in [0, 0.05) is 11.4 Å². The molecule has 0 saturated heterocycles. The Morgan fingerprint density at radius 1 is 1.20 bits per heavy atom. The van der Waals surface area contributed by atoms with Crippen molar-refractivity contribution < 1.29 is 14.6 Å². The van der Waals surface area contributed by atoms with Gasteiger partial charge >= 0.3 is 0 Å². The number of hydrogen-bond acceptors (Lipinski definition) is 4. The Balaban J connectivity index is 1.81. The van der Waals surface area contributed by atoms with E-state index in [1.54, 1.807) is 42.1 Å². The molecule has 3 aromatic rings. The van der Waals surface area contributed by atoms with Gasteiger partial charge in [0.15, 0.2) is 5.69 Å². The van der Waals surface area contributed by atoms with E-state index in [4.69, 9.17) is 4.74 Å². The quantitative estimate of drug-likeness (QED) is 0.750. The van der Waals surface area contributed by atoms with E-state index in [2.05, 4.69) is 10.4 Å². The van der Waals surface area contributed by atoms with Crippen LogP contribution < -0.4 is 10.1 Å². The molecular weight excluding hydrogens is 318 g/mol. The Bertz CT molecular complexity index is 885. The lowest BCUT2D eigenvalue weighted by atomic mass is 10.2. The molecule has 0 bridgehead atoms. The van der Waals surface area contributed by atoms with Crippen molar-refractivity contribution in [3.05, 3.63) is 71.5 Å². The summed E-state index contributed by atoms with van der Waals surface area (Å²) in [6, 6.07) is 16.2. The van der Waals surface area contributed by atoms with E-state index in [0.717, 1.165) is 22.7 Å². The summed E-state index contributed by atoms with van der Waals surface area (Å²) in [5.74, 6) is 0.459. The van der Waals surface area contributed by atoms with Crippen LogP contribution in [0.5, 0.6) is 5.75 Å². The number of benzene rings is 2. The fourth-order valence-electron chi connectivity index (χ4n) is 2.51. The molecule has 0 spiro atoms. The zero-order valence-corrected chi connectivity index (χ0v) is 14.1. The van der Waals surface area contributed by atoms with E-state index >= 15 is 0 Å². The first kappa shape index (κ1) is 16.7. The van der Waals surface area contributed by atoms with Gasteiger partial charge in [-0.25, -0.2) is 4.68 Å². The molecule has 0 radical (unpaired) electrons. The molecule has 6 nitrogen and oxygen atoms in total. The number of aryl methyl sites for hydroxylation is 1. The van der Waals surface area contributed by atoms with Crippen LogP contribution in [0.4, 0.5) is 5.69 Å². The van der Waals surface area contributed by atoms with Crippen molar-refractivity contribution in [3.8, 4) is 11.4 Å². The summed E-state index contributed by atoms with van der Waals surface area (Å²) in [6.07, 6.45) is 0. The molecular formula is C19H19N3O3. The first-order chi connectivity index (χ1) is 12.1. The van der Waals surface area contributed by atoms with E-state index in [9.17, 15) is 9.90 Å². The number of carbonyl (C=O) groups excluding carboxylic acids is 1. The van der Waals surface area contributed by atoms with Crippen LogP contribution in [0.3, 0.4) is 0 Å². The highest BCUT2D eigenvalue weighted by Gasteiger charge is 2.14. The third-order valence-corrected chi connectivity index (χ3v) is 3.80. The van der Waals surface area contributed by atoms with Gasteiger partial charge in [-0.2, -0.15) is 5.10 Å². The van der Waals surface area contributed by atoms with Crippen LogP contribution in [-0.2, 0) is 6.61 Å². The van der Waals surface area contributed by atoms with Gasteiger partial charge in [0.1, 0.15) is 5.75 Å². The van der Waals surface area contributed by atoms with Crippen LogP contribution in [0.1, 0.15) is 21.7 Å². The third kappa shape index (κ3) is 3.70. The number of carbonyl (C=O) groups is 1. The number of aromatic nitrogens is 2. The predicted octanol–water partition coefficient (Wildman–Crippen LogP) is 2.93. The van der Waals surface area contributed by atoms with Gasteiger partial charge in [0.25, 0.3) is 5.91 Å². The summed E-state index contributed by atoms with van der Waals surface area (Å²) in [6.45, 7) is 1.81. The molecule has 0 aliphatic carbocycles. The number of aliphatic hydroxyl groups is 1. The average molecular weight is 337 g/mol. The lowest BCUT2D eigenvalue weighted by Crippen LogP contribution is -2.13. The number of rotatable bonds is 5. The molecule has 0 aliphatic heterocycles. The van der Waals surface area contributed by atoms with E-state index < -0.39 is 0 Å². The predicted molar refractivity (Wildman–Crippen MR) is 95.2 cm³/mol. The fourth-order valence-corrected chi connectivity index (χ4v) is 2.51. The monoisotopic (exact) mass is 337 g/mol. The zero-order chi connectivity index (χ0) is 17.8. The summed E-state index contributed by atoms with van der Waals surface area (Å²) in [4.78, 5) is 12.4. The van der Waals surface area contributed by atoms with Crippen molar-refractivity contribution in [3.63, 3.8) is 0 Å². The molecule has 6 heteroatoms. The Morgan fingerprint density at radius 2 is 1.96 bits per heavy atom. The second-order valence-corrected chi connectivity index (χ2v) is 5.59. The summed E-state index contributed by atoms with van der Waals surface area (Å²) in [5.41, 5.74) is 3.37. The van der Waals surface area contributed by atoms with Crippen molar-refractivity contribution in [1.82, 2.24) is 9.78 Å². The van der Waals surface area contributed by atoms with E-state index in [-0.39, 0.29) is 12.5 Å². The molecule has 0 unspecified atom stereocenters. The third-order valence-electron chi connectivity index (χ3n) is 3.80. The minimum Gasteiger partial charge on any atom is -0.497 e. The second kappa shape index (κ2) is 7.19. The van der Waals surface area contributed by atoms with Crippen LogP contribution in [0, 0.1) is 6.92 Å². The molecule has 0 atom stereocenters. The molecule has 0 fully saturated rings. The van der Waals surface area contributed by atoms with E-state index in [1.807, 2.05) is 31.2 Å². The number of nitrogens with one attached hydrogen (secondary N) is 1. The number of hydrogen-bond donors (Lipinski definition) is 2. The van der Waals surface area contributed by atoms with E-state index in [1.165, 1.54) is 0 Å². The fraction of sp³-hybridized carbons (Fsp3) is 0.158. The zero-order valence-electron chi connectivity index (χ0n) is 14.1. The van der Waals surface area contributed by atoms with Crippen molar-refractivity contribution in [2.75, 3.05) is 12.4 Å². The lowest BCUT2D eigenvalue weighted by molar-refractivity contribution is 0.102. The Morgan fingerprint density at radius 3 is 2.64 bits per heavy atom. The molecule has 0 saturated carbocycles. The number of methoxy groups -OCH3 is 1. The standard InChI is InChI=1S/C19H19N3O3/c1-13-10-18(19(24)20-15-5-3-4-14(11-15)12-23)21-22(13)16-6-8-17(25-2)9-7-16/h3-11,23H,12H2,1-2H3,(H,20,24). The highest BCUT2D eigenvalue weighted by atomic mass is 16.5. The Labute approximate surface area is 145 Å². The van der Waals surface area contributed by atoms with Gasteiger partial charge < -0.3 is 15.2 Å². The summed E-state index contributed by atoms with van der Waals surface area (Å²) in [5, 5.41) is 16.4. The molecule has 128 valence electrons. The van der Waals surface area contributed by atoms with E-state index in [0.29, 0.717) is 11.4 Å². The normalized spacial score (nSPS) is 10.5. The first-order valence-corrected chi connectivity index (χ1v) is 7.83. The Kier molecular flexibility index (Phi) is 4.81. The van der Waals surface area contributed by atoms with Crippen LogP contribution in [0.2, 0.25) is 0 Å². The molecule has 1 amide bonds. The maximum Gasteiger partial charge on any atom is 0.276 e. The minimum absolute atomic E-state index is 0.0745. The molecule has 2 N–H and O–H groups in total. The van der Waals surface area contributed by atoms with Crippen molar-refractivity contribution in [2.45, 2.75) is 13.5 Å². The van der Waals surface area contributed by atoms with Crippen molar-refractivity contribution in [1.29, 1.82) is 0 Å². The largest absolute Gasteiger partial charge is 0.497 e. The van der Waals surface area contributed by atoms with Gasteiger partial charge in [-0.15, -0.1) is 0 Å². The van der Waals surface area contributed by atoms with Gasteiger partial charge in [-0.3, -0.25) is 4.79 Å². The number of amides is 1. The number of ether oxygens (including phenoxy) is 1. The lowest BCUT2D eigenvalue weighted by Gasteiger charge is -2.06. The molecule has 0 aliphatic rings. The molecule has 3 rings (SSSR count). The summed E-state index contributed by atoms with van der Waals surface area (Å²) < 4.78 is 6.86. The van der Waals surface area contributed by atoms with Crippen LogP contribution in [0.25, 0.3) is 5.69 Å². The second-order valence-electron chi connectivity index (χ2n) is 5.59. The highest BCUT2D eigenvalue weighted by Crippen LogP contribution is 2.18. The van der Waals surface area contributed by atoms with Crippen molar-refractivity contribution in [2.24, 2.45) is 0 Å². The van der Waals surface area contributed by atoms with Crippen LogP contribution >= 0.6 is 0 Å². The smallest absolute Gasteiger partial charge is 0.276 e. The molecule has 2 aromatic carbocycles. The Hall–Kier alpha value is -3.12.